The number of hydrogen-bond acceptors (Lipinski definition) is 9. The number of hydrogen-bond donors (Lipinski definition) is 1. The van der Waals surface area contributed by atoms with E-state index in [1.165, 1.54) is 20.5 Å². The topological polar surface area (TPSA) is 127 Å². The molecule has 2 amide bonds. The third kappa shape index (κ3) is 6.67. The summed E-state index contributed by atoms with van der Waals surface area (Å²) in [5, 5.41) is 4.98. The number of rotatable bonds is 6. The number of morpholine rings is 1. The molecule has 3 heterocycles. The lowest BCUT2D eigenvalue weighted by atomic mass is 10.2. The minimum atomic E-state index is -3.55. The van der Waals surface area contributed by atoms with Crippen molar-refractivity contribution < 1.29 is 32.2 Å². The van der Waals surface area contributed by atoms with Gasteiger partial charge in [-0.3, -0.25) is 14.9 Å². The molecule has 1 saturated heterocycles. The van der Waals surface area contributed by atoms with Gasteiger partial charge in [0, 0.05) is 38.1 Å². The maximum Gasteiger partial charge on any atom is 0.270 e. The van der Waals surface area contributed by atoms with Crippen molar-refractivity contribution in [2.24, 2.45) is 0 Å². The van der Waals surface area contributed by atoms with Gasteiger partial charge in [-0.1, -0.05) is 24.3 Å². The number of nitrogens with one attached hydrogen (secondary N) is 1. The van der Waals surface area contributed by atoms with E-state index < -0.39 is 16.1 Å². The van der Waals surface area contributed by atoms with Crippen LogP contribution in [0.2, 0.25) is 0 Å². The van der Waals surface area contributed by atoms with Crippen molar-refractivity contribution in [3.8, 4) is 22.8 Å². The van der Waals surface area contributed by atoms with Crippen LogP contribution in [0.5, 0.6) is 11.5 Å². The normalized spacial score (nSPS) is 17.1. The Morgan fingerprint density at radius 1 is 1.11 bits per heavy atom. The summed E-state index contributed by atoms with van der Waals surface area (Å²) in [6, 6.07) is 13.8. The fourth-order valence-corrected chi connectivity index (χ4v) is 5.66. The summed E-state index contributed by atoms with van der Waals surface area (Å²) < 4.78 is 43.5. The standard InChI is InChI=1S/C22H21N3O6S2.C3H7NO/c26-21(20-13-30-18-3-1-2-4-19(18)31-20)24-22-23-17(14-32-22)15-5-7-16(8-6-15)33(27,28)25-9-11-29-12-10-25;1-4(2)3-5/h1-8,14,20H,9-13H2,(H,23,24,26);3H,1-2H3. The lowest BCUT2D eigenvalue weighted by Crippen LogP contribution is -2.40. The maximum atomic E-state index is 12.8. The van der Waals surface area contributed by atoms with E-state index in [4.69, 9.17) is 14.2 Å². The molecule has 0 aliphatic carbocycles. The highest BCUT2D eigenvalue weighted by Crippen LogP contribution is 2.32. The Labute approximate surface area is 225 Å². The molecule has 2 aliphatic heterocycles. The fourth-order valence-electron chi connectivity index (χ4n) is 3.53. The number of carbonyl (C=O) groups is 2. The first-order chi connectivity index (χ1) is 18.3. The molecule has 1 unspecified atom stereocenters. The van der Waals surface area contributed by atoms with Crippen molar-refractivity contribution in [1.82, 2.24) is 14.2 Å². The van der Waals surface area contributed by atoms with Crippen LogP contribution in [0.3, 0.4) is 0 Å². The first-order valence-electron chi connectivity index (χ1n) is 11.7. The molecule has 1 aromatic heterocycles. The molecule has 0 spiro atoms. The largest absolute Gasteiger partial charge is 0.485 e. The van der Waals surface area contributed by atoms with Crippen LogP contribution in [-0.2, 0) is 24.3 Å². The smallest absolute Gasteiger partial charge is 0.270 e. The highest BCUT2D eigenvalue weighted by Gasteiger charge is 2.28. The summed E-state index contributed by atoms with van der Waals surface area (Å²) >= 11 is 1.27. The maximum absolute atomic E-state index is 12.8. The van der Waals surface area contributed by atoms with E-state index >= 15 is 0 Å². The molecule has 3 aromatic rings. The summed E-state index contributed by atoms with van der Waals surface area (Å²) in [6.07, 6.45) is -0.0306. The van der Waals surface area contributed by atoms with Crippen molar-refractivity contribution in [3.63, 3.8) is 0 Å². The number of fused-ring (bicyclic) bond motifs is 1. The van der Waals surface area contributed by atoms with Crippen molar-refractivity contribution in [2.45, 2.75) is 11.0 Å². The monoisotopic (exact) mass is 560 g/mol. The first kappa shape index (κ1) is 27.5. The number of nitrogens with zero attached hydrogens (tertiary/aromatic N) is 3. The van der Waals surface area contributed by atoms with Gasteiger partial charge < -0.3 is 19.1 Å². The molecule has 1 N–H and O–H groups in total. The number of carbonyl (C=O) groups excluding carboxylic acids is 2. The summed E-state index contributed by atoms with van der Waals surface area (Å²) in [7, 11) is -0.178. The molecule has 1 fully saturated rings. The number of aromatic nitrogens is 1. The number of thiazole rings is 1. The zero-order valence-electron chi connectivity index (χ0n) is 20.9. The van der Waals surface area contributed by atoms with Crippen molar-refractivity contribution in [1.29, 1.82) is 0 Å². The highest BCUT2D eigenvalue weighted by atomic mass is 32.2. The molecule has 11 nitrogen and oxygen atoms in total. The van der Waals surface area contributed by atoms with Gasteiger partial charge in [0.05, 0.1) is 23.8 Å². The van der Waals surface area contributed by atoms with E-state index in [1.807, 2.05) is 12.1 Å². The molecule has 2 aliphatic rings. The second kappa shape index (κ2) is 12.3. The third-order valence-electron chi connectivity index (χ3n) is 5.50. The van der Waals surface area contributed by atoms with E-state index in [0.29, 0.717) is 48.6 Å². The second-order valence-corrected chi connectivity index (χ2v) is 11.3. The molecule has 2 aromatic carbocycles. The Morgan fingerprint density at radius 3 is 2.42 bits per heavy atom. The van der Waals surface area contributed by atoms with Gasteiger partial charge in [0.1, 0.15) is 6.61 Å². The van der Waals surface area contributed by atoms with Gasteiger partial charge in [0.15, 0.2) is 16.6 Å². The Bertz CT molecular complexity index is 1350. The zero-order chi connectivity index (χ0) is 27.1. The van der Waals surface area contributed by atoms with E-state index in [1.54, 1.807) is 55.9 Å². The van der Waals surface area contributed by atoms with Gasteiger partial charge in [-0.25, -0.2) is 13.4 Å². The van der Waals surface area contributed by atoms with Gasteiger partial charge in [-0.15, -0.1) is 11.3 Å². The van der Waals surface area contributed by atoms with Gasteiger partial charge >= 0.3 is 0 Å². The van der Waals surface area contributed by atoms with Crippen LogP contribution >= 0.6 is 11.3 Å². The number of ether oxygens (including phenoxy) is 3. The molecule has 38 heavy (non-hydrogen) atoms. The Morgan fingerprint density at radius 2 is 1.76 bits per heavy atom. The lowest BCUT2D eigenvalue weighted by Gasteiger charge is -2.26. The van der Waals surface area contributed by atoms with Crippen LogP contribution in [-0.4, -0.2) is 88.0 Å². The van der Waals surface area contributed by atoms with Crippen LogP contribution in [0.4, 0.5) is 5.13 Å². The summed E-state index contributed by atoms with van der Waals surface area (Å²) in [6.45, 7) is 1.60. The quantitative estimate of drug-likeness (QED) is 0.455. The molecule has 13 heteroatoms. The summed E-state index contributed by atoms with van der Waals surface area (Å²) in [5.41, 5.74) is 1.38. The van der Waals surface area contributed by atoms with Gasteiger partial charge in [0.2, 0.25) is 22.5 Å². The molecule has 0 saturated carbocycles. The van der Waals surface area contributed by atoms with Crippen LogP contribution in [0.15, 0.2) is 58.8 Å². The van der Waals surface area contributed by atoms with E-state index in [2.05, 4.69) is 10.3 Å². The van der Waals surface area contributed by atoms with Crippen LogP contribution in [0, 0.1) is 0 Å². The SMILES string of the molecule is CN(C)C=O.O=C(Nc1nc(-c2ccc(S(=O)(=O)N3CCOCC3)cc2)cs1)C1COc2ccccc2O1. The van der Waals surface area contributed by atoms with Crippen molar-refractivity contribution >= 4 is 38.8 Å². The van der Waals surface area contributed by atoms with E-state index in [9.17, 15) is 18.0 Å². The second-order valence-electron chi connectivity index (χ2n) is 8.50. The molecular formula is C25H28N4O7S2. The number of amides is 2. The molecular weight excluding hydrogens is 532 g/mol. The lowest BCUT2D eigenvalue weighted by molar-refractivity contribution is -0.125. The van der Waals surface area contributed by atoms with Crippen molar-refractivity contribution in [2.75, 3.05) is 52.3 Å². The number of sulfonamides is 1. The minimum Gasteiger partial charge on any atom is -0.485 e. The van der Waals surface area contributed by atoms with Gasteiger partial charge in [-0.2, -0.15) is 4.31 Å². The van der Waals surface area contributed by atoms with Crippen LogP contribution in [0.25, 0.3) is 11.3 Å². The zero-order valence-corrected chi connectivity index (χ0v) is 22.5. The number of anilines is 1. The highest BCUT2D eigenvalue weighted by molar-refractivity contribution is 7.89. The summed E-state index contributed by atoms with van der Waals surface area (Å²) in [4.78, 5) is 28.2. The predicted octanol–water partition coefficient (Wildman–Crippen LogP) is 2.31. The number of para-hydroxylation sites is 2. The molecule has 5 rings (SSSR count). The third-order valence-corrected chi connectivity index (χ3v) is 8.17. The average molecular weight is 561 g/mol. The van der Waals surface area contributed by atoms with E-state index in [-0.39, 0.29) is 17.4 Å². The fraction of sp³-hybridized carbons (Fsp3) is 0.320. The minimum absolute atomic E-state index is 0.111. The Kier molecular flexibility index (Phi) is 8.94. The average Bonchev–Trinajstić information content (AvgIpc) is 3.42. The van der Waals surface area contributed by atoms with Crippen LogP contribution < -0.4 is 14.8 Å². The van der Waals surface area contributed by atoms with Gasteiger partial charge in [0.25, 0.3) is 5.91 Å². The molecule has 1 atom stereocenters. The Balaban J connectivity index is 0.000000617. The predicted molar refractivity (Wildman–Crippen MR) is 142 cm³/mol. The molecule has 0 bridgehead atoms. The van der Waals surface area contributed by atoms with E-state index in [0.717, 1.165) is 12.0 Å². The molecule has 0 radical (unpaired) electrons. The van der Waals surface area contributed by atoms with Crippen molar-refractivity contribution in [3.05, 3.63) is 53.9 Å². The Hall–Kier alpha value is -3.52. The summed E-state index contributed by atoms with van der Waals surface area (Å²) in [5.74, 6) is 0.783. The van der Waals surface area contributed by atoms with Crippen LogP contribution in [0.1, 0.15) is 0 Å². The molecule has 202 valence electrons. The van der Waals surface area contributed by atoms with Gasteiger partial charge in [-0.05, 0) is 24.3 Å². The first-order valence-corrected chi connectivity index (χ1v) is 14.0. The number of benzene rings is 2.